The van der Waals surface area contributed by atoms with Gasteiger partial charge in [0.25, 0.3) is 0 Å². The normalized spacial score (nSPS) is 10.9. The number of hydrogen-bond donors (Lipinski definition) is 1. The largest absolute Gasteiger partial charge is 0.501 e. The Hall–Kier alpha value is -1.98. The number of aliphatic carboxylic acids is 1. The molecule has 0 bridgehead atoms. The summed E-state index contributed by atoms with van der Waals surface area (Å²) in [5.74, 6) is -2.92. The van der Waals surface area contributed by atoms with Crippen LogP contribution in [-0.2, 0) is 4.79 Å². The van der Waals surface area contributed by atoms with Crippen LogP contribution in [0.15, 0.2) is 24.3 Å². The molecule has 0 fully saturated rings. The Morgan fingerprint density at radius 2 is 1.75 bits per heavy atom. The molecular weight excluding hydrogens is 222 g/mol. The molecule has 0 aromatic heterocycles. The molecule has 1 rings (SSSR count). The first kappa shape index (κ1) is 12.1. The van der Waals surface area contributed by atoms with Gasteiger partial charge in [-0.1, -0.05) is 0 Å². The number of hydrogen-bond acceptors (Lipinski definition) is 3. The zero-order valence-corrected chi connectivity index (χ0v) is 8.24. The van der Waals surface area contributed by atoms with Crippen LogP contribution >= 0.6 is 0 Å². The van der Waals surface area contributed by atoms with Gasteiger partial charge in [-0.25, -0.2) is 4.79 Å². The van der Waals surface area contributed by atoms with Crippen LogP contribution in [0, 0.1) is 0 Å². The summed E-state index contributed by atoms with van der Waals surface area (Å²) in [5, 5.41) is 8.12. The summed E-state index contributed by atoms with van der Waals surface area (Å²) in [6, 6.07) is 4.76. The third kappa shape index (κ3) is 2.75. The van der Waals surface area contributed by atoms with E-state index in [4.69, 9.17) is 5.11 Å². The second-order valence-corrected chi connectivity index (χ2v) is 3.00. The maximum Gasteiger partial charge on any atom is 0.501 e. The van der Waals surface area contributed by atoms with Crippen molar-refractivity contribution in [2.75, 3.05) is 0 Å². The Morgan fingerprint density at radius 3 is 2.12 bits per heavy atom. The minimum absolute atomic E-state index is 0.225. The lowest BCUT2D eigenvalue weighted by Crippen LogP contribution is -2.34. The number of carbonyl (C=O) groups is 2. The summed E-state index contributed by atoms with van der Waals surface area (Å²) < 4.78 is 29.2. The van der Waals surface area contributed by atoms with E-state index in [0.717, 1.165) is 12.1 Å². The van der Waals surface area contributed by atoms with Gasteiger partial charge in [-0.15, -0.1) is 0 Å². The molecule has 0 aliphatic carbocycles. The number of carbonyl (C=O) groups excluding carboxylic acids is 1. The van der Waals surface area contributed by atoms with Gasteiger partial charge in [0.15, 0.2) is 5.78 Å². The van der Waals surface area contributed by atoms with Crippen molar-refractivity contribution in [2.24, 2.45) is 0 Å². The monoisotopic (exact) mass is 230 g/mol. The van der Waals surface area contributed by atoms with E-state index in [1.807, 2.05) is 0 Å². The van der Waals surface area contributed by atoms with Crippen molar-refractivity contribution in [1.82, 2.24) is 0 Å². The van der Waals surface area contributed by atoms with E-state index in [1.165, 1.54) is 19.1 Å². The van der Waals surface area contributed by atoms with E-state index < -0.39 is 12.1 Å². The lowest BCUT2D eigenvalue weighted by atomic mass is 10.1. The van der Waals surface area contributed by atoms with Gasteiger partial charge < -0.3 is 9.84 Å². The number of ether oxygens (including phenoxy) is 1. The number of Topliss-reactive ketones (excluding diaryl/α,β-unsaturated/α-hetero) is 1. The smallest absolute Gasteiger partial charge is 0.474 e. The van der Waals surface area contributed by atoms with Gasteiger partial charge in [0, 0.05) is 5.56 Å². The van der Waals surface area contributed by atoms with Crippen molar-refractivity contribution in [3.8, 4) is 5.75 Å². The highest BCUT2D eigenvalue weighted by molar-refractivity contribution is 5.94. The van der Waals surface area contributed by atoms with Gasteiger partial charge >= 0.3 is 12.1 Å². The molecule has 16 heavy (non-hydrogen) atoms. The van der Waals surface area contributed by atoms with Crippen LogP contribution in [0.3, 0.4) is 0 Å². The van der Waals surface area contributed by atoms with Crippen LogP contribution in [0.2, 0.25) is 0 Å². The molecule has 1 aromatic carbocycles. The van der Waals surface area contributed by atoms with Crippen molar-refractivity contribution in [1.29, 1.82) is 0 Å². The Kier molecular flexibility index (Phi) is 3.22. The number of benzene rings is 1. The molecule has 4 nitrogen and oxygen atoms in total. The summed E-state index contributed by atoms with van der Waals surface area (Å²) in [5.41, 5.74) is 0.325. The molecule has 1 aromatic rings. The number of rotatable bonds is 4. The lowest BCUT2D eigenvalue weighted by molar-refractivity contribution is -0.210. The fraction of sp³-hybridized carbons (Fsp3) is 0.200. The number of halogens is 2. The average Bonchev–Trinajstić information content (AvgIpc) is 2.17. The molecule has 0 aliphatic rings. The fourth-order valence-corrected chi connectivity index (χ4v) is 0.949. The highest BCUT2D eigenvalue weighted by Crippen LogP contribution is 2.22. The maximum atomic E-state index is 12.6. The van der Waals surface area contributed by atoms with Gasteiger partial charge in [0.2, 0.25) is 0 Å². The first-order chi connectivity index (χ1) is 7.33. The Balaban J connectivity index is 2.84. The fourth-order valence-electron chi connectivity index (χ4n) is 0.949. The average molecular weight is 230 g/mol. The van der Waals surface area contributed by atoms with Crippen LogP contribution in [0.4, 0.5) is 8.78 Å². The van der Waals surface area contributed by atoms with Crippen molar-refractivity contribution in [2.45, 2.75) is 13.0 Å². The zero-order chi connectivity index (χ0) is 12.3. The number of ketones is 1. The van der Waals surface area contributed by atoms with Crippen LogP contribution in [-0.4, -0.2) is 23.0 Å². The third-order valence-corrected chi connectivity index (χ3v) is 1.76. The second kappa shape index (κ2) is 4.26. The topological polar surface area (TPSA) is 63.6 Å². The SMILES string of the molecule is CC(=O)c1ccc(OC(F)(F)C(=O)O)cc1. The Morgan fingerprint density at radius 1 is 1.25 bits per heavy atom. The Labute approximate surface area is 89.5 Å². The number of alkyl halides is 2. The van der Waals surface area contributed by atoms with Crippen LogP contribution < -0.4 is 4.74 Å². The zero-order valence-electron chi connectivity index (χ0n) is 8.24. The number of carboxylic acids is 1. The predicted octanol–water partition coefficient (Wildman–Crippen LogP) is 1.95. The van der Waals surface area contributed by atoms with Crippen molar-refractivity contribution < 1.29 is 28.2 Å². The molecular formula is C10H8F2O4. The van der Waals surface area contributed by atoms with Crippen LogP contribution in [0.5, 0.6) is 5.75 Å². The molecule has 0 unspecified atom stereocenters. The highest BCUT2D eigenvalue weighted by Gasteiger charge is 2.42. The predicted molar refractivity (Wildman–Crippen MR) is 49.7 cm³/mol. The van der Waals surface area contributed by atoms with E-state index in [0.29, 0.717) is 5.56 Å². The molecule has 0 saturated carbocycles. The minimum Gasteiger partial charge on any atom is -0.474 e. The molecule has 0 aliphatic heterocycles. The maximum absolute atomic E-state index is 12.6. The Bertz CT molecular complexity index is 411. The third-order valence-electron chi connectivity index (χ3n) is 1.76. The van der Waals surface area contributed by atoms with E-state index in [2.05, 4.69) is 4.74 Å². The summed E-state index contributed by atoms with van der Waals surface area (Å²) in [7, 11) is 0. The lowest BCUT2D eigenvalue weighted by Gasteiger charge is -2.12. The molecule has 0 amide bonds. The molecule has 0 radical (unpaired) electrons. The van der Waals surface area contributed by atoms with E-state index in [-0.39, 0.29) is 11.5 Å². The second-order valence-electron chi connectivity index (χ2n) is 3.00. The van der Waals surface area contributed by atoms with E-state index in [1.54, 1.807) is 0 Å². The summed E-state index contributed by atoms with van der Waals surface area (Å²) >= 11 is 0. The summed E-state index contributed by atoms with van der Waals surface area (Å²) in [6.45, 7) is 1.32. The van der Waals surface area contributed by atoms with Crippen LogP contribution in [0.25, 0.3) is 0 Å². The van der Waals surface area contributed by atoms with Gasteiger partial charge in [0.1, 0.15) is 5.75 Å². The van der Waals surface area contributed by atoms with Crippen molar-refractivity contribution >= 4 is 11.8 Å². The van der Waals surface area contributed by atoms with Gasteiger partial charge in [0.05, 0.1) is 0 Å². The summed E-state index contributed by atoms with van der Waals surface area (Å²) in [6.07, 6.45) is -4.28. The standard InChI is InChI=1S/C10H8F2O4/c1-6(13)7-2-4-8(5-3-7)16-10(11,12)9(14)15/h2-5H,1H3,(H,14,15). The van der Waals surface area contributed by atoms with Crippen molar-refractivity contribution in [3.63, 3.8) is 0 Å². The minimum atomic E-state index is -4.28. The summed E-state index contributed by atoms with van der Waals surface area (Å²) in [4.78, 5) is 20.9. The molecule has 86 valence electrons. The molecule has 0 atom stereocenters. The number of carboxylic acid groups (broad SMARTS) is 1. The van der Waals surface area contributed by atoms with Gasteiger partial charge in [-0.2, -0.15) is 8.78 Å². The quantitative estimate of drug-likeness (QED) is 0.803. The molecule has 0 spiro atoms. The molecule has 0 heterocycles. The first-order valence-electron chi connectivity index (χ1n) is 4.24. The van der Waals surface area contributed by atoms with E-state index >= 15 is 0 Å². The molecule has 1 N–H and O–H groups in total. The van der Waals surface area contributed by atoms with Gasteiger partial charge in [-0.05, 0) is 31.2 Å². The van der Waals surface area contributed by atoms with Crippen LogP contribution in [0.1, 0.15) is 17.3 Å². The molecule has 0 saturated heterocycles. The first-order valence-corrected chi connectivity index (χ1v) is 4.24. The van der Waals surface area contributed by atoms with Gasteiger partial charge in [-0.3, -0.25) is 4.79 Å². The van der Waals surface area contributed by atoms with Crippen molar-refractivity contribution in [3.05, 3.63) is 29.8 Å². The van der Waals surface area contributed by atoms with E-state index in [9.17, 15) is 18.4 Å². The molecule has 6 heteroatoms. The highest BCUT2D eigenvalue weighted by atomic mass is 19.3.